The third-order valence-corrected chi connectivity index (χ3v) is 2.51. The van der Waals surface area contributed by atoms with Gasteiger partial charge < -0.3 is 5.73 Å². The standard InChI is InChI=1S/C11H14N4O/c1-8-4-2-3-5-9(8)6-15-7-13-11(14-15)10(12)16/h2-5,7,11,14H,6H2,1H3,(H2,12,16). The second-order valence-electron chi connectivity index (χ2n) is 3.75. The van der Waals surface area contributed by atoms with Crippen LogP contribution in [0.15, 0.2) is 29.3 Å². The Kier molecular flexibility index (Phi) is 2.87. The predicted molar refractivity (Wildman–Crippen MR) is 61.3 cm³/mol. The molecule has 2 rings (SSSR count). The minimum atomic E-state index is -0.635. The largest absolute Gasteiger partial charge is 0.367 e. The van der Waals surface area contributed by atoms with Crippen LogP contribution in [0.3, 0.4) is 0 Å². The smallest absolute Gasteiger partial charge is 0.258 e. The first-order valence-corrected chi connectivity index (χ1v) is 5.07. The van der Waals surface area contributed by atoms with Crippen LogP contribution in [0.5, 0.6) is 0 Å². The van der Waals surface area contributed by atoms with Gasteiger partial charge in [0.25, 0.3) is 5.91 Å². The molecule has 1 aliphatic heterocycles. The Labute approximate surface area is 93.9 Å². The van der Waals surface area contributed by atoms with Crippen molar-refractivity contribution < 1.29 is 4.79 Å². The van der Waals surface area contributed by atoms with Crippen LogP contribution in [0, 0.1) is 6.92 Å². The summed E-state index contributed by atoms with van der Waals surface area (Å²) in [4.78, 5) is 14.8. The summed E-state index contributed by atoms with van der Waals surface area (Å²) in [5.74, 6) is -0.469. The number of nitrogens with two attached hydrogens (primary N) is 1. The van der Waals surface area contributed by atoms with Gasteiger partial charge in [0.2, 0.25) is 0 Å². The van der Waals surface area contributed by atoms with E-state index in [1.807, 2.05) is 31.2 Å². The Morgan fingerprint density at radius 3 is 2.94 bits per heavy atom. The van der Waals surface area contributed by atoms with Crippen LogP contribution in [0.25, 0.3) is 0 Å². The quantitative estimate of drug-likeness (QED) is 0.759. The van der Waals surface area contributed by atoms with E-state index in [-0.39, 0.29) is 0 Å². The van der Waals surface area contributed by atoms with E-state index in [9.17, 15) is 4.79 Å². The van der Waals surface area contributed by atoms with Crippen LogP contribution in [0.4, 0.5) is 0 Å². The lowest BCUT2D eigenvalue weighted by molar-refractivity contribution is -0.120. The summed E-state index contributed by atoms with van der Waals surface area (Å²) in [6.07, 6.45) is 0.964. The number of primary amides is 1. The van der Waals surface area contributed by atoms with Crippen LogP contribution in [0.2, 0.25) is 0 Å². The van der Waals surface area contributed by atoms with Gasteiger partial charge in [-0.05, 0) is 18.1 Å². The van der Waals surface area contributed by atoms with Crippen LogP contribution >= 0.6 is 0 Å². The average molecular weight is 218 g/mol. The van der Waals surface area contributed by atoms with Gasteiger partial charge >= 0.3 is 0 Å². The van der Waals surface area contributed by atoms with Gasteiger partial charge in [-0.1, -0.05) is 24.3 Å². The zero-order valence-corrected chi connectivity index (χ0v) is 9.05. The molecule has 0 aromatic heterocycles. The number of hydrazine groups is 1. The fourth-order valence-corrected chi connectivity index (χ4v) is 1.57. The van der Waals surface area contributed by atoms with Crippen molar-refractivity contribution in [2.24, 2.45) is 10.7 Å². The first-order valence-electron chi connectivity index (χ1n) is 5.07. The lowest BCUT2D eigenvalue weighted by Gasteiger charge is -2.17. The predicted octanol–water partition coefficient (Wildman–Crippen LogP) is 0.155. The van der Waals surface area contributed by atoms with Gasteiger partial charge in [-0.3, -0.25) is 9.80 Å². The highest BCUT2D eigenvalue weighted by Crippen LogP contribution is 2.10. The number of aryl methyl sites for hydroxylation is 1. The van der Waals surface area contributed by atoms with Crippen molar-refractivity contribution in [3.05, 3.63) is 35.4 Å². The highest BCUT2D eigenvalue weighted by Gasteiger charge is 2.21. The number of aliphatic imine (C=N–C) groups is 1. The number of rotatable bonds is 3. The topological polar surface area (TPSA) is 70.7 Å². The van der Waals surface area contributed by atoms with Crippen molar-refractivity contribution >= 4 is 12.2 Å². The summed E-state index contributed by atoms with van der Waals surface area (Å²) < 4.78 is 0. The average Bonchev–Trinajstić information content (AvgIpc) is 2.70. The summed E-state index contributed by atoms with van der Waals surface area (Å²) in [6, 6.07) is 8.08. The second kappa shape index (κ2) is 4.32. The molecule has 84 valence electrons. The molecule has 0 radical (unpaired) electrons. The lowest BCUT2D eigenvalue weighted by atomic mass is 10.1. The SMILES string of the molecule is Cc1ccccc1CN1C=NC(C(N)=O)N1. The van der Waals surface area contributed by atoms with Gasteiger partial charge in [-0.25, -0.2) is 10.4 Å². The molecule has 16 heavy (non-hydrogen) atoms. The third-order valence-electron chi connectivity index (χ3n) is 2.51. The summed E-state index contributed by atoms with van der Waals surface area (Å²) in [6.45, 7) is 2.72. The van der Waals surface area contributed by atoms with E-state index in [0.717, 1.165) is 0 Å². The molecule has 1 atom stereocenters. The fourth-order valence-electron chi connectivity index (χ4n) is 1.57. The maximum absolute atomic E-state index is 10.9. The van der Waals surface area contributed by atoms with E-state index in [0.29, 0.717) is 6.54 Å². The molecule has 0 fully saturated rings. The van der Waals surface area contributed by atoms with Crippen LogP contribution < -0.4 is 11.2 Å². The highest BCUT2D eigenvalue weighted by atomic mass is 16.1. The summed E-state index contributed by atoms with van der Waals surface area (Å²) >= 11 is 0. The van der Waals surface area contributed by atoms with Crippen molar-refractivity contribution in [3.8, 4) is 0 Å². The number of nitrogens with zero attached hydrogens (tertiary/aromatic N) is 2. The molecule has 0 saturated heterocycles. The number of amides is 1. The molecule has 1 aromatic rings. The van der Waals surface area contributed by atoms with E-state index in [1.54, 1.807) is 11.3 Å². The number of nitrogens with one attached hydrogen (secondary N) is 1. The van der Waals surface area contributed by atoms with Gasteiger partial charge in [-0.15, -0.1) is 0 Å². The molecule has 1 aromatic carbocycles. The Morgan fingerprint density at radius 1 is 1.56 bits per heavy atom. The maximum Gasteiger partial charge on any atom is 0.258 e. The van der Waals surface area contributed by atoms with Crippen LogP contribution in [0.1, 0.15) is 11.1 Å². The fraction of sp³-hybridized carbons (Fsp3) is 0.273. The highest BCUT2D eigenvalue weighted by molar-refractivity contribution is 5.82. The van der Waals surface area contributed by atoms with E-state index < -0.39 is 12.1 Å². The molecule has 1 heterocycles. The van der Waals surface area contributed by atoms with Gasteiger partial charge in [0, 0.05) is 0 Å². The van der Waals surface area contributed by atoms with E-state index in [4.69, 9.17) is 5.73 Å². The van der Waals surface area contributed by atoms with Gasteiger partial charge in [-0.2, -0.15) is 0 Å². The van der Waals surface area contributed by atoms with E-state index in [1.165, 1.54) is 11.1 Å². The van der Waals surface area contributed by atoms with Gasteiger partial charge in [0.05, 0.1) is 6.54 Å². The molecule has 0 saturated carbocycles. The molecule has 1 aliphatic rings. The monoisotopic (exact) mass is 218 g/mol. The first kappa shape index (κ1) is 10.6. The normalized spacial score (nSPS) is 19.1. The molecule has 0 spiro atoms. The van der Waals surface area contributed by atoms with Crippen molar-refractivity contribution in [2.45, 2.75) is 19.6 Å². The zero-order valence-electron chi connectivity index (χ0n) is 9.05. The Hall–Kier alpha value is -1.88. The molecular formula is C11H14N4O. The van der Waals surface area contributed by atoms with Crippen LogP contribution in [-0.4, -0.2) is 23.4 Å². The number of hydrogen-bond donors (Lipinski definition) is 2. The number of carbonyl (C=O) groups excluding carboxylic acids is 1. The zero-order chi connectivity index (χ0) is 11.5. The van der Waals surface area contributed by atoms with Crippen LogP contribution in [-0.2, 0) is 11.3 Å². The Balaban J connectivity index is 2.01. The number of benzene rings is 1. The van der Waals surface area contributed by atoms with Crippen molar-refractivity contribution in [1.82, 2.24) is 10.4 Å². The molecule has 1 unspecified atom stereocenters. The minimum absolute atomic E-state index is 0.469. The summed E-state index contributed by atoms with van der Waals surface area (Å²) in [7, 11) is 0. The molecule has 5 nitrogen and oxygen atoms in total. The Bertz CT molecular complexity index is 430. The minimum Gasteiger partial charge on any atom is -0.367 e. The van der Waals surface area contributed by atoms with E-state index >= 15 is 0 Å². The molecule has 5 heteroatoms. The molecular weight excluding hydrogens is 204 g/mol. The first-order chi connectivity index (χ1) is 7.66. The van der Waals surface area contributed by atoms with Gasteiger partial charge in [0.15, 0.2) is 6.17 Å². The summed E-state index contributed by atoms with van der Waals surface area (Å²) in [5, 5.41) is 1.76. The van der Waals surface area contributed by atoms with Crippen molar-refractivity contribution in [2.75, 3.05) is 0 Å². The summed E-state index contributed by atoms with van der Waals surface area (Å²) in [5.41, 5.74) is 10.4. The van der Waals surface area contributed by atoms with Crippen molar-refractivity contribution in [3.63, 3.8) is 0 Å². The van der Waals surface area contributed by atoms with Gasteiger partial charge in [0.1, 0.15) is 6.34 Å². The molecule has 3 N–H and O–H groups in total. The number of hydrogen-bond acceptors (Lipinski definition) is 4. The lowest BCUT2D eigenvalue weighted by Crippen LogP contribution is -2.43. The third kappa shape index (κ3) is 2.20. The molecule has 1 amide bonds. The maximum atomic E-state index is 10.9. The second-order valence-corrected chi connectivity index (χ2v) is 3.75. The van der Waals surface area contributed by atoms with E-state index in [2.05, 4.69) is 10.4 Å². The van der Waals surface area contributed by atoms with Crippen molar-refractivity contribution in [1.29, 1.82) is 0 Å². The molecule has 0 aliphatic carbocycles. The number of carbonyl (C=O) groups is 1. The molecule has 0 bridgehead atoms. The Morgan fingerprint density at radius 2 is 2.31 bits per heavy atom.